The van der Waals surface area contributed by atoms with Crippen LogP contribution in [0.25, 0.3) is 0 Å². The highest BCUT2D eigenvalue weighted by Crippen LogP contribution is 2.24. The van der Waals surface area contributed by atoms with Crippen molar-refractivity contribution < 1.29 is 17.9 Å². The van der Waals surface area contributed by atoms with E-state index in [-0.39, 0.29) is 11.7 Å². The number of halogens is 3. The highest BCUT2D eigenvalue weighted by molar-refractivity contribution is 5.28. The largest absolute Gasteiger partial charge is 0.490 e. The zero-order valence-corrected chi connectivity index (χ0v) is 10.9. The van der Waals surface area contributed by atoms with Crippen molar-refractivity contribution in [2.24, 2.45) is 0 Å². The van der Waals surface area contributed by atoms with Crippen LogP contribution in [-0.4, -0.2) is 37.3 Å². The number of piperidine rings is 1. The number of ether oxygens (including phenoxy) is 1. The quantitative estimate of drug-likeness (QED) is 0.838. The summed E-state index contributed by atoms with van der Waals surface area (Å²) >= 11 is 0. The van der Waals surface area contributed by atoms with E-state index in [2.05, 4.69) is 11.9 Å². The van der Waals surface area contributed by atoms with Crippen LogP contribution in [-0.2, 0) is 6.42 Å². The lowest BCUT2D eigenvalue weighted by atomic mass is 10.1. The molecule has 0 amide bonds. The number of alkyl halides is 3. The number of nitrogens with zero attached hydrogens (tertiary/aromatic N) is 1. The Hall–Kier alpha value is -1.23. The lowest BCUT2D eigenvalue weighted by Crippen LogP contribution is -2.35. The summed E-state index contributed by atoms with van der Waals surface area (Å²) in [5.74, 6) is 0.653. The Balaban J connectivity index is 1.88. The maximum atomic E-state index is 12.2. The first-order chi connectivity index (χ1) is 8.92. The zero-order chi connectivity index (χ0) is 13.9. The van der Waals surface area contributed by atoms with Gasteiger partial charge in [-0.3, -0.25) is 0 Å². The lowest BCUT2D eigenvalue weighted by molar-refractivity contribution is -0.127. The van der Waals surface area contributed by atoms with Gasteiger partial charge in [-0.15, -0.1) is 0 Å². The second-order valence-electron chi connectivity index (χ2n) is 5.06. The molecule has 0 aromatic heterocycles. The van der Waals surface area contributed by atoms with Crippen LogP contribution >= 0.6 is 0 Å². The average Bonchev–Trinajstić information content (AvgIpc) is 2.33. The molecule has 2 rings (SSSR count). The number of hydrogen-bond donors (Lipinski definition) is 0. The molecule has 1 aliphatic rings. The molecule has 106 valence electrons. The van der Waals surface area contributed by atoms with Gasteiger partial charge in [0.2, 0.25) is 0 Å². The van der Waals surface area contributed by atoms with E-state index in [0.29, 0.717) is 5.75 Å². The summed E-state index contributed by atoms with van der Waals surface area (Å²) in [5, 5.41) is 0. The summed E-state index contributed by atoms with van der Waals surface area (Å²) in [7, 11) is 2.07. The fourth-order valence-electron chi connectivity index (χ4n) is 2.21. The Kier molecular flexibility index (Phi) is 4.34. The molecule has 1 aliphatic heterocycles. The second-order valence-corrected chi connectivity index (χ2v) is 5.06. The van der Waals surface area contributed by atoms with Gasteiger partial charge in [-0.25, -0.2) is 0 Å². The van der Waals surface area contributed by atoms with Crippen molar-refractivity contribution in [1.29, 1.82) is 0 Å². The van der Waals surface area contributed by atoms with Crippen LogP contribution in [0.4, 0.5) is 13.2 Å². The van der Waals surface area contributed by atoms with Crippen molar-refractivity contribution in [3.63, 3.8) is 0 Å². The molecule has 1 saturated heterocycles. The highest BCUT2D eigenvalue weighted by Gasteiger charge is 2.27. The first-order valence-electron chi connectivity index (χ1n) is 6.43. The van der Waals surface area contributed by atoms with Crippen LogP contribution in [0.2, 0.25) is 0 Å². The number of hydrogen-bond acceptors (Lipinski definition) is 2. The molecule has 1 aromatic carbocycles. The molecule has 0 radical (unpaired) electrons. The molecule has 0 spiro atoms. The van der Waals surface area contributed by atoms with Crippen molar-refractivity contribution in [3.05, 3.63) is 29.8 Å². The van der Waals surface area contributed by atoms with E-state index in [0.717, 1.165) is 25.9 Å². The van der Waals surface area contributed by atoms with Crippen LogP contribution in [0.3, 0.4) is 0 Å². The Morgan fingerprint density at radius 2 is 1.74 bits per heavy atom. The first kappa shape index (κ1) is 14.2. The van der Waals surface area contributed by atoms with Gasteiger partial charge in [0, 0.05) is 13.1 Å². The fraction of sp³-hybridized carbons (Fsp3) is 0.571. The SMILES string of the molecule is CN1CCC(Oc2ccc(CC(F)(F)F)cc2)CC1. The third-order valence-electron chi connectivity index (χ3n) is 3.30. The predicted octanol–water partition coefficient (Wildman–Crippen LogP) is 3.26. The summed E-state index contributed by atoms with van der Waals surface area (Å²) in [6.45, 7) is 1.99. The Morgan fingerprint density at radius 3 is 2.26 bits per heavy atom. The molecule has 19 heavy (non-hydrogen) atoms. The molecule has 1 heterocycles. The van der Waals surface area contributed by atoms with Gasteiger partial charge in [-0.2, -0.15) is 13.2 Å². The molecule has 0 bridgehead atoms. The maximum absolute atomic E-state index is 12.2. The minimum atomic E-state index is -4.16. The second kappa shape index (κ2) is 5.82. The minimum Gasteiger partial charge on any atom is -0.490 e. The first-order valence-corrected chi connectivity index (χ1v) is 6.43. The Bertz CT molecular complexity index is 394. The lowest BCUT2D eigenvalue weighted by Gasteiger charge is -2.29. The van der Waals surface area contributed by atoms with E-state index in [1.54, 1.807) is 12.1 Å². The summed E-state index contributed by atoms with van der Waals surface area (Å²) in [6.07, 6.45) is -2.95. The van der Waals surface area contributed by atoms with E-state index in [1.165, 1.54) is 12.1 Å². The maximum Gasteiger partial charge on any atom is 0.393 e. The summed E-state index contributed by atoms with van der Waals surface area (Å²) in [4.78, 5) is 2.24. The molecular formula is C14H18F3NO. The van der Waals surface area contributed by atoms with E-state index >= 15 is 0 Å². The predicted molar refractivity (Wildman–Crippen MR) is 67.3 cm³/mol. The van der Waals surface area contributed by atoms with Crippen molar-refractivity contribution in [3.8, 4) is 5.75 Å². The summed E-state index contributed by atoms with van der Waals surface area (Å²) < 4.78 is 42.4. The molecule has 1 fully saturated rings. The molecule has 0 N–H and O–H groups in total. The van der Waals surface area contributed by atoms with Crippen molar-refractivity contribution in [2.45, 2.75) is 31.5 Å². The Morgan fingerprint density at radius 1 is 1.16 bits per heavy atom. The van der Waals surface area contributed by atoms with Crippen LogP contribution in [0.15, 0.2) is 24.3 Å². The molecule has 0 saturated carbocycles. The van der Waals surface area contributed by atoms with Crippen LogP contribution in [0, 0.1) is 0 Å². The van der Waals surface area contributed by atoms with Crippen LogP contribution < -0.4 is 4.74 Å². The third-order valence-corrected chi connectivity index (χ3v) is 3.30. The molecule has 1 aromatic rings. The molecular weight excluding hydrogens is 255 g/mol. The smallest absolute Gasteiger partial charge is 0.393 e. The van der Waals surface area contributed by atoms with Gasteiger partial charge in [0.05, 0.1) is 6.42 Å². The van der Waals surface area contributed by atoms with Crippen molar-refractivity contribution in [2.75, 3.05) is 20.1 Å². The topological polar surface area (TPSA) is 12.5 Å². The van der Waals surface area contributed by atoms with E-state index < -0.39 is 12.6 Å². The van der Waals surface area contributed by atoms with Gasteiger partial charge < -0.3 is 9.64 Å². The highest BCUT2D eigenvalue weighted by atomic mass is 19.4. The zero-order valence-electron chi connectivity index (χ0n) is 10.9. The van der Waals surface area contributed by atoms with Gasteiger partial charge in [0.1, 0.15) is 11.9 Å². The number of rotatable bonds is 3. The molecule has 0 unspecified atom stereocenters. The Labute approximate surface area is 111 Å². The summed E-state index contributed by atoms with van der Waals surface area (Å²) in [6, 6.07) is 6.22. The number of likely N-dealkylation sites (tertiary alicyclic amines) is 1. The summed E-state index contributed by atoms with van der Waals surface area (Å²) in [5.41, 5.74) is 0.267. The molecule has 2 nitrogen and oxygen atoms in total. The van der Waals surface area contributed by atoms with Gasteiger partial charge >= 0.3 is 6.18 Å². The van der Waals surface area contributed by atoms with Gasteiger partial charge in [0.25, 0.3) is 0 Å². The van der Waals surface area contributed by atoms with E-state index in [4.69, 9.17) is 4.74 Å². The van der Waals surface area contributed by atoms with E-state index in [9.17, 15) is 13.2 Å². The van der Waals surface area contributed by atoms with Crippen molar-refractivity contribution in [1.82, 2.24) is 4.90 Å². The van der Waals surface area contributed by atoms with Gasteiger partial charge in [0.15, 0.2) is 0 Å². The minimum absolute atomic E-state index is 0.171. The van der Waals surface area contributed by atoms with Gasteiger partial charge in [-0.1, -0.05) is 12.1 Å². The normalized spacial score (nSPS) is 18.5. The molecule has 5 heteroatoms. The molecule has 0 atom stereocenters. The van der Waals surface area contributed by atoms with Crippen LogP contribution in [0.5, 0.6) is 5.75 Å². The number of benzene rings is 1. The standard InChI is InChI=1S/C14H18F3NO/c1-18-8-6-13(7-9-18)19-12-4-2-11(3-5-12)10-14(15,16)17/h2-5,13H,6-10H2,1H3. The van der Waals surface area contributed by atoms with Crippen LogP contribution in [0.1, 0.15) is 18.4 Å². The van der Waals surface area contributed by atoms with Crippen molar-refractivity contribution >= 4 is 0 Å². The van der Waals surface area contributed by atoms with Gasteiger partial charge in [-0.05, 0) is 37.6 Å². The van der Waals surface area contributed by atoms with E-state index in [1.807, 2.05) is 0 Å². The third kappa shape index (κ3) is 4.74. The molecule has 0 aliphatic carbocycles. The average molecular weight is 273 g/mol. The fourth-order valence-corrected chi connectivity index (χ4v) is 2.21. The monoisotopic (exact) mass is 273 g/mol.